The third-order valence-corrected chi connectivity index (χ3v) is 7.65. The number of likely N-dealkylation sites (tertiary alicyclic amines) is 1. The van der Waals surface area contributed by atoms with Crippen molar-refractivity contribution in [1.82, 2.24) is 14.7 Å². The highest BCUT2D eigenvalue weighted by Crippen LogP contribution is 2.39. The number of nitrogens with two attached hydrogens (primary N) is 1. The van der Waals surface area contributed by atoms with Crippen LogP contribution in [0, 0.1) is 23.0 Å². The Bertz CT molecular complexity index is 971. The minimum atomic E-state index is -0.627. The number of nitrogens with zero attached hydrogens (tertiary/aromatic N) is 3. The van der Waals surface area contributed by atoms with Gasteiger partial charge in [0.1, 0.15) is 11.6 Å². The Kier molecular flexibility index (Phi) is 8.21. The highest BCUT2D eigenvalue weighted by atomic mass is 19.1. The first kappa shape index (κ1) is 28.5. The molecular formula is C28H44F2N4O2. The summed E-state index contributed by atoms with van der Waals surface area (Å²) in [4.78, 5) is 32.9. The van der Waals surface area contributed by atoms with Crippen molar-refractivity contribution >= 4 is 11.8 Å². The van der Waals surface area contributed by atoms with Crippen molar-refractivity contribution in [2.75, 3.05) is 26.2 Å². The van der Waals surface area contributed by atoms with E-state index in [4.69, 9.17) is 5.73 Å². The molecule has 8 heteroatoms. The molecular weight excluding hydrogens is 462 g/mol. The molecule has 0 spiro atoms. The van der Waals surface area contributed by atoms with Crippen LogP contribution >= 0.6 is 0 Å². The number of benzene rings is 1. The largest absolute Gasteiger partial charge is 0.336 e. The molecule has 2 aliphatic rings. The molecule has 0 saturated carbocycles. The van der Waals surface area contributed by atoms with Crippen molar-refractivity contribution in [3.63, 3.8) is 0 Å². The molecule has 0 aromatic heterocycles. The number of hydrogen-bond donors (Lipinski definition) is 1. The molecule has 1 aromatic carbocycles. The van der Waals surface area contributed by atoms with E-state index in [0.717, 1.165) is 6.07 Å². The Morgan fingerprint density at radius 1 is 0.972 bits per heavy atom. The Balaban J connectivity index is 1.81. The van der Waals surface area contributed by atoms with Gasteiger partial charge in [0.15, 0.2) is 0 Å². The molecule has 5 atom stereocenters. The van der Waals surface area contributed by atoms with Crippen molar-refractivity contribution in [2.45, 2.75) is 91.4 Å². The Morgan fingerprint density at radius 2 is 1.56 bits per heavy atom. The summed E-state index contributed by atoms with van der Waals surface area (Å²) in [5, 5.41) is 0. The summed E-state index contributed by atoms with van der Waals surface area (Å²) in [6.45, 7) is 18.1. The lowest BCUT2D eigenvalue weighted by Crippen LogP contribution is -2.63. The lowest BCUT2D eigenvalue weighted by atomic mass is 9.86. The summed E-state index contributed by atoms with van der Waals surface area (Å²) in [5.74, 6) is -2.19. The first-order chi connectivity index (χ1) is 16.5. The molecule has 2 saturated heterocycles. The summed E-state index contributed by atoms with van der Waals surface area (Å²) in [6, 6.07) is 2.68. The highest BCUT2D eigenvalue weighted by molar-refractivity contribution is 5.84. The number of amides is 2. The standard InChI is InChI=1S/C28H44F2N4O2/c1-17-14-34(26(36)24(31)12-27(3,4)5)18(2)13-33(17)25(35)22-16-32(28(6,7)8)15-21(22)20-10-9-19(29)11-23(20)30/h9-11,17-18,21-22,24H,12-16,31H2,1-8H3/t17-,18+,21-,22+,24?/m0/s1. The normalized spacial score (nSPS) is 26.9. The van der Waals surface area contributed by atoms with Crippen LogP contribution < -0.4 is 5.73 Å². The fourth-order valence-electron chi connectivity index (χ4n) is 5.63. The fraction of sp³-hybridized carbons (Fsp3) is 0.714. The molecule has 6 nitrogen and oxygen atoms in total. The van der Waals surface area contributed by atoms with E-state index in [1.165, 1.54) is 12.1 Å². The molecule has 3 rings (SSSR count). The van der Waals surface area contributed by atoms with Gasteiger partial charge in [0.2, 0.25) is 11.8 Å². The molecule has 2 heterocycles. The van der Waals surface area contributed by atoms with Crippen molar-refractivity contribution in [2.24, 2.45) is 17.1 Å². The van der Waals surface area contributed by atoms with Gasteiger partial charge in [-0.1, -0.05) is 26.8 Å². The Hall–Kier alpha value is -2.06. The van der Waals surface area contributed by atoms with Crippen LogP contribution in [0.3, 0.4) is 0 Å². The van der Waals surface area contributed by atoms with Gasteiger partial charge in [-0.15, -0.1) is 0 Å². The van der Waals surface area contributed by atoms with Crippen molar-refractivity contribution < 1.29 is 18.4 Å². The summed E-state index contributed by atoms with van der Waals surface area (Å²) in [7, 11) is 0. The van der Waals surface area contributed by atoms with Gasteiger partial charge in [0, 0.05) is 55.8 Å². The third-order valence-electron chi connectivity index (χ3n) is 7.65. The number of carbonyl (C=O) groups is 2. The molecule has 2 fully saturated rings. The Labute approximate surface area is 215 Å². The van der Waals surface area contributed by atoms with Gasteiger partial charge >= 0.3 is 0 Å². The number of halogens is 2. The SMILES string of the molecule is C[C@@H]1CN(C(=O)[C@@H]2CN(C(C)(C)C)C[C@H]2c2ccc(F)cc2F)[C@@H](C)CN1C(=O)C(N)CC(C)(C)C. The van der Waals surface area contributed by atoms with Gasteiger partial charge in [0.05, 0.1) is 12.0 Å². The van der Waals surface area contributed by atoms with E-state index < -0.39 is 23.6 Å². The van der Waals surface area contributed by atoms with Crippen LogP contribution in [0.5, 0.6) is 0 Å². The molecule has 202 valence electrons. The predicted octanol–water partition coefficient (Wildman–Crippen LogP) is 3.99. The maximum absolute atomic E-state index is 14.8. The lowest BCUT2D eigenvalue weighted by molar-refractivity contribution is -0.149. The first-order valence-electron chi connectivity index (χ1n) is 13.1. The second-order valence-electron chi connectivity index (χ2n) is 13.0. The molecule has 0 bridgehead atoms. The summed E-state index contributed by atoms with van der Waals surface area (Å²) in [6.07, 6.45) is 0.585. The van der Waals surface area contributed by atoms with Gasteiger partial charge in [-0.3, -0.25) is 14.5 Å². The maximum atomic E-state index is 14.8. The van der Waals surface area contributed by atoms with Crippen LogP contribution in [0.2, 0.25) is 0 Å². The molecule has 0 aliphatic carbocycles. The molecule has 2 aliphatic heterocycles. The van der Waals surface area contributed by atoms with Gasteiger partial charge in [0.25, 0.3) is 0 Å². The van der Waals surface area contributed by atoms with Crippen LogP contribution in [-0.2, 0) is 9.59 Å². The van der Waals surface area contributed by atoms with E-state index in [1.807, 2.05) is 18.7 Å². The number of hydrogen-bond acceptors (Lipinski definition) is 4. The second kappa shape index (κ2) is 10.4. The monoisotopic (exact) mass is 506 g/mol. The van der Waals surface area contributed by atoms with Gasteiger partial charge in [-0.2, -0.15) is 0 Å². The topological polar surface area (TPSA) is 69.9 Å². The second-order valence-corrected chi connectivity index (χ2v) is 13.0. The fourth-order valence-corrected chi connectivity index (χ4v) is 5.63. The van der Waals surface area contributed by atoms with Gasteiger partial charge in [-0.05, 0) is 58.1 Å². The van der Waals surface area contributed by atoms with E-state index in [0.29, 0.717) is 38.2 Å². The minimum Gasteiger partial charge on any atom is -0.336 e. The number of rotatable bonds is 4. The third kappa shape index (κ3) is 6.25. The van der Waals surface area contributed by atoms with Gasteiger partial charge < -0.3 is 15.5 Å². The summed E-state index contributed by atoms with van der Waals surface area (Å²) in [5.41, 5.74) is 6.38. The number of carbonyl (C=O) groups excluding carboxylic acids is 2. The van der Waals surface area contributed by atoms with Crippen LogP contribution in [0.15, 0.2) is 18.2 Å². The zero-order chi connectivity index (χ0) is 27.2. The van der Waals surface area contributed by atoms with Crippen LogP contribution in [0.25, 0.3) is 0 Å². The van der Waals surface area contributed by atoms with Gasteiger partial charge in [-0.25, -0.2) is 8.78 Å². The maximum Gasteiger partial charge on any atom is 0.239 e. The minimum absolute atomic E-state index is 0.0408. The van der Waals surface area contributed by atoms with Crippen LogP contribution in [-0.4, -0.2) is 76.4 Å². The molecule has 1 aromatic rings. The first-order valence-corrected chi connectivity index (χ1v) is 13.1. The number of piperazine rings is 1. The van der Waals surface area contributed by atoms with Crippen molar-refractivity contribution in [3.8, 4) is 0 Å². The molecule has 0 radical (unpaired) electrons. The summed E-state index contributed by atoms with van der Waals surface area (Å²) >= 11 is 0. The predicted molar refractivity (Wildman–Crippen MR) is 138 cm³/mol. The van der Waals surface area contributed by atoms with E-state index in [2.05, 4.69) is 46.4 Å². The molecule has 2 amide bonds. The summed E-state index contributed by atoms with van der Waals surface area (Å²) < 4.78 is 28.5. The average molecular weight is 507 g/mol. The van der Waals surface area contributed by atoms with Crippen LogP contribution in [0.4, 0.5) is 8.78 Å². The molecule has 1 unspecified atom stereocenters. The van der Waals surface area contributed by atoms with Crippen LogP contribution in [0.1, 0.15) is 73.3 Å². The van der Waals surface area contributed by atoms with E-state index in [1.54, 1.807) is 4.90 Å². The Morgan fingerprint density at radius 3 is 2.11 bits per heavy atom. The molecule has 36 heavy (non-hydrogen) atoms. The zero-order valence-electron chi connectivity index (χ0n) is 23.1. The van der Waals surface area contributed by atoms with E-state index in [-0.39, 0.29) is 40.8 Å². The van der Waals surface area contributed by atoms with Crippen molar-refractivity contribution in [3.05, 3.63) is 35.4 Å². The quantitative estimate of drug-likeness (QED) is 0.671. The highest BCUT2D eigenvalue weighted by Gasteiger charge is 2.46. The van der Waals surface area contributed by atoms with E-state index >= 15 is 0 Å². The van der Waals surface area contributed by atoms with Crippen molar-refractivity contribution in [1.29, 1.82) is 0 Å². The molecule has 2 N–H and O–H groups in total. The average Bonchev–Trinajstić information content (AvgIpc) is 3.18. The van der Waals surface area contributed by atoms with E-state index in [9.17, 15) is 18.4 Å². The zero-order valence-corrected chi connectivity index (χ0v) is 23.1. The smallest absolute Gasteiger partial charge is 0.239 e. The lowest BCUT2D eigenvalue weighted by Gasteiger charge is -2.46.